The van der Waals surface area contributed by atoms with Crippen LogP contribution in [0.15, 0.2) is 12.7 Å². The van der Waals surface area contributed by atoms with Crippen molar-refractivity contribution in [2.75, 3.05) is 30.2 Å². The normalized spacial score (nSPS) is 13.5. The zero-order valence-electron chi connectivity index (χ0n) is 24.6. The van der Waals surface area contributed by atoms with Crippen LogP contribution in [0.25, 0.3) is 11.2 Å². The maximum absolute atomic E-state index is 12.2. The molecule has 0 spiro atoms. The molecule has 1 unspecified atom stereocenters. The molecule has 0 saturated heterocycles. The molecule has 228 valence electrons. The summed E-state index contributed by atoms with van der Waals surface area (Å²) in [6.45, 7) is 2.37. The van der Waals surface area contributed by atoms with Crippen molar-refractivity contribution in [2.24, 2.45) is 0 Å². The lowest BCUT2D eigenvalue weighted by atomic mass is 10.0. The van der Waals surface area contributed by atoms with E-state index in [1.165, 1.54) is 83.4 Å². The number of hydrogen-bond donors (Lipinski definition) is 2. The highest BCUT2D eigenvalue weighted by Gasteiger charge is 2.14. The molecular weight excluding hydrogens is 547 g/mol. The number of fused-ring (bicyclic) bond motifs is 1. The first-order valence-electron chi connectivity index (χ1n) is 14.4. The molecule has 40 heavy (non-hydrogen) atoms. The third-order valence-electron chi connectivity index (χ3n) is 6.48. The SMILES string of the molecule is C#CCCCCCCCCCCCCCCSCCCOP(=O)([O-])CO[C@H](C)Cn1cnc2c(N)ncnc21.[NH4+]. The van der Waals surface area contributed by atoms with Crippen molar-refractivity contribution in [1.82, 2.24) is 25.7 Å². The quantitative estimate of drug-likeness (QED) is 0.0774. The van der Waals surface area contributed by atoms with E-state index < -0.39 is 13.9 Å². The predicted molar refractivity (Wildman–Crippen MR) is 165 cm³/mol. The van der Waals surface area contributed by atoms with Gasteiger partial charge >= 0.3 is 0 Å². The summed E-state index contributed by atoms with van der Waals surface area (Å²) in [5.74, 6) is 5.03. The maximum atomic E-state index is 12.2. The maximum Gasteiger partial charge on any atom is 0.165 e. The number of unbranched alkanes of at least 4 members (excludes halogenated alkanes) is 12. The van der Waals surface area contributed by atoms with Gasteiger partial charge in [0.15, 0.2) is 19.1 Å². The average molecular weight is 599 g/mol. The Balaban J connectivity index is 0.00000800. The molecule has 0 aromatic carbocycles. The zero-order chi connectivity index (χ0) is 28.2. The number of quaternary nitrogens is 1. The van der Waals surface area contributed by atoms with Gasteiger partial charge in [-0.05, 0) is 37.7 Å². The van der Waals surface area contributed by atoms with E-state index in [1.807, 2.05) is 11.8 Å². The first kappa shape index (κ1) is 36.4. The Morgan fingerprint density at radius 2 is 1.60 bits per heavy atom. The Labute approximate surface area is 245 Å². The van der Waals surface area contributed by atoms with Crippen molar-refractivity contribution < 1.29 is 18.7 Å². The highest BCUT2D eigenvalue weighted by molar-refractivity contribution is 7.99. The van der Waals surface area contributed by atoms with Crippen LogP contribution in [0.5, 0.6) is 0 Å². The molecule has 0 radical (unpaired) electrons. The number of hydrogen-bond acceptors (Lipinski definition) is 9. The van der Waals surface area contributed by atoms with Crippen LogP contribution in [0.3, 0.4) is 0 Å². The summed E-state index contributed by atoms with van der Waals surface area (Å²) >= 11 is 1.87. The molecule has 0 aliphatic carbocycles. The lowest BCUT2D eigenvalue weighted by Gasteiger charge is -2.25. The molecule has 10 nitrogen and oxygen atoms in total. The van der Waals surface area contributed by atoms with Crippen LogP contribution >= 0.6 is 19.4 Å². The Morgan fingerprint density at radius 1 is 1.00 bits per heavy atom. The van der Waals surface area contributed by atoms with E-state index >= 15 is 0 Å². The fraction of sp³-hybridized carbons (Fsp3) is 0.750. The molecule has 2 heterocycles. The number of imidazole rings is 1. The number of terminal acetylenes is 1. The largest absolute Gasteiger partial charge is 0.777 e. The van der Waals surface area contributed by atoms with Gasteiger partial charge in [-0.25, -0.2) is 15.0 Å². The predicted octanol–water partition coefficient (Wildman–Crippen LogP) is 6.55. The van der Waals surface area contributed by atoms with Crippen molar-refractivity contribution in [1.29, 1.82) is 0 Å². The minimum Gasteiger partial charge on any atom is -0.777 e. The summed E-state index contributed by atoms with van der Waals surface area (Å²) in [4.78, 5) is 24.5. The van der Waals surface area contributed by atoms with E-state index in [4.69, 9.17) is 21.4 Å². The molecule has 2 aromatic heterocycles. The van der Waals surface area contributed by atoms with E-state index in [0.717, 1.165) is 17.9 Å². The van der Waals surface area contributed by atoms with Gasteiger partial charge in [-0.2, -0.15) is 11.8 Å². The third kappa shape index (κ3) is 15.9. The van der Waals surface area contributed by atoms with Crippen molar-refractivity contribution in [3.8, 4) is 12.3 Å². The number of nitrogens with zero attached hydrogens (tertiary/aromatic N) is 4. The van der Waals surface area contributed by atoms with Crippen LogP contribution in [-0.4, -0.2) is 50.1 Å². The number of nitrogen functional groups attached to an aromatic ring is 1. The lowest BCUT2D eigenvalue weighted by molar-refractivity contribution is -0.205. The topological polar surface area (TPSA) is 165 Å². The van der Waals surface area contributed by atoms with Crippen molar-refractivity contribution in [3.63, 3.8) is 0 Å². The summed E-state index contributed by atoms with van der Waals surface area (Å²) < 4.78 is 24.6. The molecule has 0 aliphatic heterocycles. The molecule has 2 aromatic rings. The van der Waals surface area contributed by atoms with Crippen molar-refractivity contribution >= 4 is 36.3 Å². The van der Waals surface area contributed by atoms with Gasteiger partial charge in [-0.1, -0.05) is 64.2 Å². The number of ether oxygens (including phenoxy) is 1. The summed E-state index contributed by atoms with van der Waals surface area (Å²) in [6.07, 6.45) is 24.8. The second-order valence-electron chi connectivity index (χ2n) is 10.0. The summed E-state index contributed by atoms with van der Waals surface area (Å²) in [7, 11) is -4.04. The fourth-order valence-corrected chi connectivity index (χ4v) is 6.14. The van der Waals surface area contributed by atoms with E-state index in [1.54, 1.807) is 17.8 Å². The molecule has 12 heteroatoms. The van der Waals surface area contributed by atoms with Gasteiger partial charge in [0.25, 0.3) is 0 Å². The number of nitrogens with two attached hydrogens (primary N) is 1. The second kappa shape index (κ2) is 22.0. The number of aromatic nitrogens is 4. The Kier molecular flexibility index (Phi) is 20.0. The zero-order valence-corrected chi connectivity index (χ0v) is 26.3. The Bertz CT molecular complexity index is 1020. The van der Waals surface area contributed by atoms with Crippen LogP contribution in [-0.2, 0) is 20.4 Å². The van der Waals surface area contributed by atoms with E-state index in [0.29, 0.717) is 29.9 Å². The van der Waals surface area contributed by atoms with Crippen LogP contribution in [0.4, 0.5) is 5.82 Å². The van der Waals surface area contributed by atoms with Gasteiger partial charge in [0.05, 0.1) is 25.6 Å². The van der Waals surface area contributed by atoms with Gasteiger partial charge < -0.3 is 35.2 Å². The molecule has 2 atom stereocenters. The smallest absolute Gasteiger partial charge is 0.165 e. The molecule has 0 fully saturated rings. The lowest BCUT2D eigenvalue weighted by Crippen LogP contribution is -2.20. The van der Waals surface area contributed by atoms with Crippen molar-refractivity contribution in [3.05, 3.63) is 12.7 Å². The van der Waals surface area contributed by atoms with Crippen LogP contribution in [0.1, 0.15) is 96.8 Å². The van der Waals surface area contributed by atoms with Gasteiger partial charge in [0.1, 0.15) is 18.2 Å². The highest BCUT2D eigenvalue weighted by Crippen LogP contribution is 2.37. The highest BCUT2D eigenvalue weighted by atomic mass is 32.2. The molecule has 0 amide bonds. The molecule has 0 saturated carbocycles. The minimum absolute atomic E-state index is 0. The monoisotopic (exact) mass is 598 g/mol. The Hall–Kier alpha value is -1.67. The van der Waals surface area contributed by atoms with Gasteiger partial charge in [0.2, 0.25) is 0 Å². The molecule has 6 N–H and O–H groups in total. The van der Waals surface area contributed by atoms with Gasteiger partial charge in [0, 0.05) is 6.42 Å². The van der Waals surface area contributed by atoms with Crippen LogP contribution in [0, 0.1) is 12.3 Å². The summed E-state index contributed by atoms with van der Waals surface area (Å²) in [6, 6.07) is 0. The van der Waals surface area contributed by atoms with Crippen LogP contribution < -0.4 is 16.8 Å². The molecule has 2 rings (SSSR count). The minimum atomic E-state index is -4.04. The second-order valence-corrected chi connectivity index (χ2v) is 13.0. The number of thioether (sulfide) groups is 1. The number of rotatable bonds is 24. The molecular formula is C28H51N6O4PS. The van der Waals surface area contributed by atoms with Crippen LogP contribution in [0.2, 0.25) is 0 Å². The van der Waals surface area contributed by atoms with E-state index in [-0.39, 0.29) is 18.9 Å². The molecule has 0 aliphatic rings. The average Bonchev–Trinajstić information content (AvgIpc) is 3.32. The number of anilines is 1. The summed E-state index contributed by atoms with van der Waals surface area (Å²) in [5, 5.41) is 0. The summed E-state index contributed by atoms with van der Waals surface area (Å²) in [5.41, 5.74) is 6.90. The first-order valence-corrected chi connectivity index (χ1v) is 17.3. The van der Waals surface area contributed by atoms with Gasteiger partial charge in [-0.15, -0.1) is 12.3 Å². The Morgan fingerprint density at radius 3 is 2.25 bits per heavy atom. The van der Waals surface area contributed by atoms with Crippen molar-refractivity contribution in [2.45, 2.75) is 109 Å². The first-order chi connectivity index (χ1) is 18.9. The standard InChI is InChI=1S/C28H48N5O4PS.H3N/c1-3-4-5-6-7-8-9-10-11-12-13-14-15-16-19-39-20-17-18-37-38(34,35)24-36-25(2)21-33-23-32-26-27(29)30-22-31-28(26)33;/h1,22-23,25H,4-21,24H2,2H3,(H,34,35)(H2,29,30,31);1H3/t25-;/m1./s1. The fourth-order valence-electron chi connectivity index (χ4n) is 4.28. The van der Waals surface area contributed by atoms with E-state index in [2.05, 4.69) is 20.9 Å². The molecule has 0 bridgehead atoms. The third-order valence-corrected chi connectivity index (χ3v) is 8.68. The van der Waals surface area contributed by atoms with E-state index in [9.17, 15) is 9.46 Å². The van der Waals surface area contributed by atoms with Gasteiger partial charge in [-0.3, -0.25) is 0 Å².